The summed E-state index contributed by atoms with van der Waals surface area (Å²) in [5, 5.41) is 0. The van der Waals surface area contributed by atoms with Crippen LogP contribution in [0.15, 0.2) is 41.3 Å². The standard InChI is InChI=1S/C25H24N2O6S2/c1-2-30-20-11-16(5-7-18(20)31-14-23(28)26-9-3-4-10-26)12-22-24(29)27(25(34)35-22)17-6-8-19-21(13-17)33-15-32-19/h5-8,11-13H,2-4,9-10,14-15H2,1H3/b22-12-. The van der Waals surface area contributed by atoms with Gasteiger partial charge in [0.1, 0.15) is 0 Å². The molecule has 2 aromatic rings. The number of anilines is 1. The lowest BCUT2D eigenvalue weighted by atomic mass is 10.1. The molecule has 2 saturated heterocycles. The quantitative estimate of drug-likeness (QED) is 0.403. The summed E-state index contributed by atoms with van der Waals surface area (Å²) in [4.78, 5) is 29.3. The van der Waals surface area contributed by atoms with Crippen molar-refractivity contribution in [2.75, 3.05) is 38.0 Å². The Balaban J connectivity index is 1.33. The van der Waals surface area contributed by atoms with Crippen molar-refractivity contribution in [1.29, 1.82) is 0 Å². The molecule has 3 aliphatic rings. The van der Waals surface area contributed by atoms with E-state index in [0.29, 0.717) is 44.5 Å². The molecule has 0 spiro atoms. The van der Waals surface area contributed by atoms with E-state index >= 15 is 0 Å². The number of likely N-dealkylation sites (tertiary alicyclic amines) is 1. The molecule has 2 fully saturated rings. The minimum absolute atomic E-state index is 0.0267. The molecule has 10 heteroatoms. The van der Waals surface area contributed by atoms with Gasteiger partial charge in [0.15, 0.2) is 33.9 Å². The zero-order chi connectivity index (χ0) is 24.4. The topological polar surface area (TPSA) is 77.5 Å². The third-order valence-corrected chi connectivity index (χ3v) is 7.09. The average molecular weight is 513 g/mol. The highest BCUT2D eigenvalue weighted by atomic mass is 32.2. The van der Waals surface area contributed by atoms with Crippen molar-refractivity contribution in [3.63, 3.8) is 0 Å². The van der Waals surface area contributed by atoms with E-state index in [1.54, 1.807) is 36.4 Å². The van der Waals surface area contributed by atoms with Crippen LogP contribution in [0, 0.1) is 0 Å². The fraction of sp³-hybridized carbons (Fsp3) is 0.320. The van der Waals surface area contributed by atoms with Gasteiger partial charge in [-0.2, -0.15) is 0 Å². The number of carbonyl (C=O) groups excluding carboxylic acids is 2. The van der Waals surface area contributed by atoms with Gasteiger partial charge >= 0.3 is 0 Å². The van der Waals surface area contributed by atoms with Crippen LogP contribution in [0.1, 0.15) is 25.3 Å². The molecule has 5 rings (SSSR count). The van der Waals surface area contributed by atoms with Crippen LogP contribution in [0.4, 0.5) is 5.69 Å². The Hall–Kier alpha value is -3.24. The Kier molecular flexibility index (Phi) is 6.83. The molecule has 2 amide bonds. The minimum atomic E-state index is -0.214. The van der Waals surface area contributed by atoms with Gasteiger partial charge in [-0.3, -0.25) is 14.5 Å². The van der Waals surface area contributed by atoms with Crippen molar-refractivity contribution in [2.24, 2.45) is 0 Å². The lowest BCUT2D eigenvalue weighted by Gasteiger charge is -2.17. The van der Waals surface area contributed by atoms with Gasteiger partial charge in [0.05, 0.1) is 17.2 Å². The number of ether oxygens (including phenoxy) is 4. The largest absolute Gasteiger partial charge is 0.490 e. The summed E-state index contributed by atoms with van der Waals surface area (Å²) < 4.78 is 22.7. The first-order valence-corrected chi connectivity index (χ1v) is 12.6. The van der Waals surface area contributed by atoms with Gasteiger partial charge in [0, 0.05) is 19.2 Å². The maximum atomic E-state index is 13.2. The first kappa shape index (κ1) is 23.5. The Bertz CT molecular complexity index is 1210. The van der Waals surface area contributed by atoms with Gasteiger partial charge in [0.2, 0.25) is 6.79 Å². The van der Waals surface area contributed by atoms with Crippen molar-refractivity contribution in [3.05, 3.63) is 46.9 Å². The molecule has 2 aromatic carbocycles. The van der Waals surface area contributed by atoms with Crippen molar-refractivity contribution >= 4 is 51.9 Å². The molecule has 8 nitrogen and oxygen atoms in total. The van der Waals surface area contributed by atoms with Crippen LogP contribution in [0.2, 0.25) is 0 Å². The zero-order valence-corrected chi connectivity index (χ0v) is 20.8. The van der Waals surface area contributed by atoms with E-state index in [2.05, 4.69) is 0 Å². The van der Waals surface area contributed by atoms with E-state index in [9.17, 15) is 9.59 Å². The highest BCUT2D eigenvalue weighted by Gasteiger charge is 2.34. The summed E-state index contributed by atoms with van der Waals surface area (Å²) >= 11 is 6.72. The van der Waals surface area contributed by atoms with Crippen LogP contribution < -0.4 is 23.8 Å². The van der Waals surface area contributed by atoms with E-state index in [0.717, 1.165) is 31.5 Å². The third kappa shape index (κ3) is 4.94. The summed E-state index contributed by atoms with van der Waals surface area (Å²) in [6.45, 7) is 4.00. The van der Waals surface area contributed by atoms with Gasteiger partial charge < -0.3 is 23.8 Å². The van der Waals surface area contributed by atoms with E-state index in [-0.39, 0.29) is 25.2 Å². The van der Waals surface area contributed by atoms with Crippen molar-refractivity contribution < 1.29 is 28.5 Å². The maximum absolute atomic E-state index is 13.2. The molecule has 0 aromatic heterocycles. The Morgan fingerprint density at radius 1 is 1.09 bits per heavy atom. The highest BCUT2D eigenvalue weighted by molar-refractivity contribution is 8.27. The molecule has 182 valence electrons. The Morgan fingerprint density at radius 3 is 2.69 bits per heavy atom. The molecular weight excluding hydrogens is 488 g/mol. The van der Waals surface area contributed by atoms with E-state index in [4.69, 9.17) is 31.2 Å². The zero-order valence-electron chi connectivity index (χ0n) is 19.2. The summed E-state index contributed by atoms with van der Waals surface area (Å²) in [5.74, 6) is 1.99. The predicted octanol–water partition coefficient (Wildman–Crippen LogP) is 4.22. The molecule has 0 aliphatic carbocycles. The summed E-state index contributed by atoms with van der Waals surface area (Å²) in [6, 6.07) is 10.7. The Labute approximate surface area is 212 Å². The first-order chi connectivity index (χ1) is 17.0. The van der Waals surface area contributed by atoms with Crippen LogP contribution in [-0.4, -0.2) is 54.1 Å². The second-order valence-electron chi connectivity index (χ2n) is 8.07. The SMILES string of the molecule is CCOc1cc(/C=C2\SC(=S)N(c3ccc4c(c3)OCO4)C2=O)ccc1OCC(=O)N1CCCC1. The van der Waals surface area contributed by atoms with Crippen molar-refractivity contribution in [1.82, 2.24) is 4.90 Å². The molecule has 0 radical (unpaired) electrons. The fourth-order valence-electron chi connectivity index (χ4n) is 4.07. The third-order valence-electron chi connectivity index (χ3n) is 5.78. The van der Waals surface area contributed by atoms with E-state index in [1.807, 2.05) is 17.9 Å². The number of nitrogens with zero attached hydrogens (tertiary/aromatic N) is 2. The number of amides is 2. The fourth-order valence-corrected chi connectivity index (χ4v) is 5.36. The predicted molar refractivity (Wildman–Crippen MR) is 137 cm³/mol. The van der Waals surface area contributed by atoms with Crippen LogP contribution in [0.25, 0.3) is 6.08 Å². The van der Waals surface area contributed by atoms with Crippen LogP contribution in [0.3, 0.4) is 0 Å². The number of thioether (sulfide) groups is 1. The van der Waals surface area contributed by atoms with Crippen LogP contribution in [0.5, 0.6) is 23.0 Å². The molecule has 3 heterocycles. The molecule has 0 atom stereocenters. The minimum Gasteiger partial charge on any atom is -0.490 e. The van der Waals surface area contributed by atoms with Crippen molar-refractivity contribution in [3.8, 4) is 23.0 Å². The summed E-state index contributed by atoms with van der Waals surface area (Å²) in [7, 11) is 0. The number of thiocarbonyl (C=S) groups is 1. The number of carbonyl (C=O) groups is 2. The lowest BCUT2D eigenvalue weighted by Crippen LogP contribution is -2.32. The molecule has 0 N–H and O–H groups in total. The van der Waals surface area contributed by atoms with Crippen molar-refractivity contribution in [2.45, 2.75) is 19.8 Å². The van der Waals surface area contributed by atoms with Gasteiger partial charge in [-0.25, -0.2) is 0 Å². The smallest absolute Gasteiger partial charge is 0.270 e. The number of fused-ring (bicyclic) bond motifs is 1. The number of benzene rings is 2. The molecule has 3 aliphatic heterocycles. The Morgan fingerprint density at radius 2 is 1.89 bits per heavy atom. The van der Waals surface area contributed by atoms with Gasteiger partial charge in [0.25, 0.3) is 11.8 Å². The second kappa shape index (κ2) is 10.2. The molecular formula is C25H24N2O6S2. The molecule has 0 saturated carbocycles. The lowest BCUT2D eigenvalue weighted by molar-refractivity contribution is -0.132. The van der Waals surface area contributed by atoms with Crippen LogP contribution >= 0.6 is 24.0 Å². The monoisotopic (exact) mass is 512 g/mol. The number of rotatable bonds is 7. The molecule has 0 unspecified atom stereocenters. The average Bonchev–Trinajstić information content (AvgIpc) is 3.60. The first-order valence-electron chi connectivity index (χ1n) is 11.4. The van der Waals surface area contributed by atoms with Gasteiger partial charge in [-0.05, 0) is 55.7 Å². The van der Waals surface area contributed by atoms with Crippen LogP contribution in [-0.2, 0) is 9.59 Å². The normalized spacial score (nSPS) is 18.0. The highest BCUT2D eigenvalue weighted by Crippen LogP contribution is 2.41. The molecule has 35 heavy (non-hydrogen) atoms. The maximum Gasteiger partial charge on any atom is 0.270 e. The van der Waals surface area contributed by atoms with Gasteiger partial charge in [-0.15, -0.1) is 0 Å². The summed E-state index contributed by atoms with van der Waals surface area (Å²) in [6.07, 6.45) is 3.84. The summed E-state index contributed by atoms with van der Waals surface area (Å²) in [5.41, 5.74) is 1.39. The number of hydrogen-bond donors (Lipinski definition) is 0. The van der Waals surface area contributed by atoms with E-state index < -0.39 is 0 Å². The van der Waals surface area contributed by atoms with E-state index in [1.165, 1.54) is 16.7 Å². The molecule has 0 bridgehead atoms. The second-order valence-corrected chi connectivity index (χ2v) is 9.75. The van der Waals surface area contributed by atoms with Gasteiger partial charge in [-0.1, -0.05) is 30.0 Å². The number of hydrogen-bond acceptors (Lipinski definition) is 8.